The van der Waals surface area contributed by atoms with Gasteiger partial charge in [0, 0.05) is 12.7 Å². The SMILES string of the molecule is Cc1nc(C)c(C(C)n2cncc2CN)s1. The van der Waals surface area contributed by atoms with Gasteiger partial charge in [-0.3, -0.25) is 0 Å². The van der Waals surface area contributed by atoms with Gasteiger partial charge in [-0.15, -0.1) is 11.3 Å². The summed E-state index contributed by atoms with van der Waals surface area (Å²) in [6, 6.07) is 0.257. The maximum Gasteiger partial charge on any atom is 0.0954 e. The smallest absolute Gasteiger partial charge is 0.0954 e. The average molecular weight is 236 g/mol. The lowest BCUT2D eigenvalue weighted by atomic mass is 10.2. The molecule has 86 valence electrons. The molecule has 0 aliphatic carbocycles. The van der Waals surface area contributed by atoms with Crippen molar-refractivity contribution in [1.29, 1.82) is 0 Å². The zero-order valence-electron chi connectivity index (χ0n) is 9.77. The fourth-order valence-electron chi connectivity index (χ4n) is 1.90. The summed E-state index contributed by atoms with van der Waals surface area (Å²) in [5.41, 5.74) is 7.84. The fourth-order valence-corrected chi connectivity index (χ4v) is 2.88. The number of rotatable bonds is 3. The van der Waals surface area contributed by atoms with Crippen molar-refractivity contribution in [2.45, 2.75) is 33.4 Å². The molecule has 0 fully saturated rings. The Labute approximate surface area is 99.2 Å². The topological polar surface area (TPSA) is 56.7 Å². The summed E-state index contributed by atoms with van der Waals surface area (Å²) in [6.07, 6.45) is 3.65. The van der Waals surface area contributed by atoms with Gasteiger partial charge in [0.1, 0.15) is 0 Å². The molecule has 2 N–H and O–H groups in total. The molecule has 4 nitrogen and oxygen atoms in total. The van der Waals surface area contributed by atoms with Crippen LogP contribution >= 0.6 is 11.3 Å². The Morgan fingerprint density at radius 2 is 2.25 bits per heavy atom. The first-order chi connectivity index (χ1) is 7.63. The largest absolute Gasteiger partial charge is 0.325 e. The zero-order chi connectivity index (χ0) is 11.7. The van der Waals surface area contributed by atoms with Gasteiger partial charge in [0.2, 0.25) is 0 Å². The van der Waals surface area contributed by atoms with Crippen LogP contribution < -0.4 is 5.73 Å². The molecule has 0 radical (unpaired) electrons. The highest BCUT2D eigenvalue weighted by molar-refractivity contribution is 7.11. The van der Waals surface area contributed by atoms with E-state index in [0.717, 1.165) is 16.4 Å². The highest BCUT2D eigenvalue weighted by atomic mass is 32.1. The molecule has 0 aliphatic heterocycles. The molecule has 0 aliphatic rings. The number of hydrogen-bond donors (Lipinski definition) is 1. The Morgan fingerprint density at radius 1 is 1.50 bits per heavy atom. The van der Waals surface area contributed by atoms with Crippen molar-refractivity contribution in [3.8, 4) is 0 Å². The van der Waals surface area contributed by atoms with E-state index in [1.54, 1.807) is 11.3 Å². The molecular weight excluding hydrogens is 220 g/mol. The number of hydrogen-bond acceptors (Lipinski definition) is 4. The van der Waals surface area contributed by atoms with Crippen LogP contribution in [-0.4, -0.2) is 14.5 Å². The van der Waals surface area contributed by atoms with Crippen LogP contribution in [0.2, 0.25) is 0 Å². The van der Waals surface area contributed by atoms with Crippen molar-refractivity contribution in [2.24, 2.45) is 5.73 Å². The minimum Gasteiger partial charge on any atom is -0.325 e. The molecule has 0 bridgehead atoms. The number of nitrogens with zero attached hydrogens (tertiary/aromatic N) is 3. The van der Waals surface area contributed by atoms with E-state index in [1.807, 2.05) is 26.4 Å². The predicted molar refractivity (Wildman–Crippen MR) is 65.5 cm³/mol. The number of aromatic nitrogens is 3. The summed E-state index contributed by atoms with van der Waals surface area (Å²) in [5.74, 6) is 0. The van der Waals surface area contributed by atoms with Gasteiger partial charge in [-0.2, -0.15) is 0 Å². The van der Waals surface area contributed by atoms with Crippen LogP contribution in [-0.2, 0) is 6.54 Å². The highest BCUT2D eigenvalue weighted by Gasteiger charge is 2.16. The molecule has 2 rings (SSSR count). The first kappa shape index (κ1) is 11.3. The minimum atomic E-state index is 0.257. The third-order valence-corrected chi connectivity index (χ3v) is 3.93. The van der Waals surface area contributed by atoms with Crippen molar-refractivity contribution in [3.63, 3.8) is 0 Å². The number of aryl methyl sites for hydroxylation is 2. The van der Waals surface area contributed by atoms with Crippen LogP contribution in [0, 0.1) is 13.8 Å². The molecule has 0 saturated heterocycles. The van der Waals surface area contributed by atoms with Crippen LogP contribution in [0.5, 0.6) is 0 Å². The highest BCUT2D eigenvalue weighted by Crippen LogP contribution is 2.28. The van der Waals surface area contributed by atoms with Crippen LogP contribution in [0.1, 0.15) is 34.2 Å². The molecule has 0 saturated carbocycles. The Morgan fingerprint density at radius 3 is 2.81 bits per heavy atom. The minimum absolute atomic E-state index is 0.257. The summed E-state index contributed by atoms with van der Waals surface area (Å²) in [7, 11) is 0. The third kappa shape index (κ3) is 1.88. The van der Waals surface area contributed by atoms with E-state index in [2.05, 4.69) is 21.5 Å². The lowest BCUT2D eigenvalue weighted by Crippen LogP contribution is -2.11. The molecule has 2 aromatic rings. The van der Waals surface area contributed by atoms with Crippen LogP contribution in [0.3, 0.4) is 0 Å². The predicted octanol–water partition coefficient (Wildman–Crippen LogP) is 2.02. The lowest BCUT2D eigenvalue weighted by molar-refractivity contribution is 0.614. The second-order valence-corrected chi connectivity index (χ2v) is 5.09. The molecule has 2 heterocycles. The lowest BCUT2D eigenvalue weighted by Gasteiger charge is -2.14. The quantitative estimate of drug-likeness (QED) is 0.887. The molecule has 0 aromatic carbocycles. The molecule has 16 heavy (non-hydrogen) atoms. The standard InChI is InChI=1S/C11H16N4S/c1-7-11(16-9(3)14-7)8(2)15-6-13-5-10(15)4-12/h5-6,8H,4,12H2,1-3H3. The van der Waals surface area contributed by atoms with Gasteiger partial charge >= 0.3 is 0 Å². The molecule has 5 heteroatoms. The summed E-state index contributed by atoms with van der Waals surface area (Å²) < 4.78 is 2.11. The number of nitrogens with two attached hydrogens (primary N) is 1. The zero-order valence-corrected chi connectivity index (χ0v) is 10.6. The van der Waals surface area contributed by atoms with Gasteiger partial charge in [0.05, 0.1) is 33.6 Å². The number of imidazole rings is 1. The Bertz CT molecular complexity index is 486. The second-order valence-electron chi connectivity index (χ2n) is 3.85. The maximum absolute atomic E-state index is 5.68. The van der Waals surface area contributed by atoms with E-state index in [1.165, 1.54) is 4.88 Å². The van der Waals surface area contributed by atoms with Crippen molar-refractivity contribution < 1.29 is 0 Å². The van der Waals surface area contributed by atoms with Crippen LogP contribution in [0.15, 0.2) is 12.5 Å². The summed E-state index contributed by atoms with van der Waals surface area (Å²) >= 11 is 1.74. The van der Waals surface area contributed by atoms with Crippen molar-refractivity contribution in [2.75, 3.05) is 0 Å². The van der Waals surface area contributed by atoms with Crippen molar-refractivity contribution in [1.82, 2.24) is 14.5 Å². The molecule has 0 spiro atoms. The van der Waals surface area contributed by atoms with Gasteiger partial charge < -0.3 is 10.3 Å². The summed E-state index contributed by atoms with van der Waals surface area (Å²) in [5, 5.41) is 1.11. The monoisotopic (exact) mass is 236 g/mol. The molecular formula is C11H16N4S. The van der Waals surface area contributed by atoms with Gasteiger partial charge in [0.15, 0.2) is 0 Å². The van der Waals surface area contributed by atoms with E-state index in [0.29, 0.717) is 6.54 Å². The summed E-state index contributed by atoms with van der Waals surface area (Å²) in [4.78, 5) is 9.88. The first-order valence-corrected chi connectivity index (χ1v) is 6.09. The van der Waals surface area contributed by atoms with E-state index >= 15 is 0 Å². The molecule has 1 unspecified atom stereocenters. The maximum atomic E-state index is 5.68. The third-order valence-electron chi connectivity index (χ3n) is 2.69. The van der Waals surface area contributed by atoms with Gasteiger partial charge in [-0.05, 0) is 20.8 Å². The van der Waals surface area contributed by atoms with E-state index in [4.69, 9.17) is 5.73 Å². The Kier molecular flexibility index (Phi) is 3.07. The van der Waals surface area contributed by atoms with E-state index < -0.39 is 0 Å². The van der Waals surface area contributed by atoms with E-state index in [-0.39, 0.29) is 6.04 Å². The number of thiazole rings is 1. The van der Waals surface area contributed by atoms with E-state index in [9.17, 15) is 0 Å². The molecule has 0 amide bonds. The molecule has 1 atom stereocenters. The van der Waals surface area contributed by atoms with Crippen molar-refractivity contribution >= 4 is 11.3 Å². The normalized spacial score (nSPS) is 13.0. The Hall–Kier alpha value is -1.20. The van der Waals surface area contributed by atoms with Crippen molar-refractivity contribution in [3.05, 3.63) is 33.8 Å². The summed E-state index contributed by atoms with van der Waals surface area (Å²) in [6.45, 7) is 6.75. The first-order valence-electron chi connectivity index (χ1n) is 5.28. The average Bonchev–Trinajstić information content (AvgIpc) is 2.83. The van der Waals surface area contributed by atoms with Crippen LogP contribution in [0.4, 0.5) is 0 Å². The van der Waals surface area contributed by atoms with Crippen LogP contribution in [0.25, 0.3) is 0 Å². The van der Waals surface area contributed by atoms with Gasteiger partial charge in [0.25, 0.3) is 0 Å². The fraction of sp³-hybridized carbons (Fsp3) is 0.455. The second kappa shape index (κ2) is 4.35. The van der Waals surface area contributed by atoms with Gasteiger partial charge in [-0.1, -0.05) is 0 Å². The molecule has 2 aromatic heterocycles. The van der Waals surface area contributed by atoms with Gasteiger partial charge in [-0.25, -0.2) is 9.97 Å². The Balaban J connectivity index is 2.38.